The van der Waals surface area contributed by atoms with Crippen molar-refractivity contribution in [2.24, 2.45) is 5.73 Å². The molecule has 1 aromatic heterocycles. The normalized spacial score (nSPS) is 13.5. The van der Waals surface area contributed by atoms with Crippen LogP contribution in [-0.4, -0.2) is 15.8 Å². The SMILES string of the molecule is CC(N)Cc1ccc(-n2cc(C(F)(F)F)cn2)cc1. The number of aromatic nitrogens is 2. The second kappa shape index (κ2) is 5.05. The Balaban J connectivity index is 2.20. The molecule has 2 N–H and O–H groups in total. The van der Waals surface area contributed by atoms with Crippen molar-refractivity contribution in [3.63, 3.8) is 0 Å². The van der Waals surface area contributed by atoms with Crippen molar-refractivity contribution in [2.75, 3.05) is 0 Å². The number of hydrogen-bond acceptors (Lipinski definition) is 2. The van der Waals surface area contributed by atoms with Gasteiger partial charge in [0.2, 0.25) is 0 Å². The molecule has 0 aliphatic carbocycles. The molecule has 0 saturated carbocycles. The highest BCUT2D eigenvalue weighted by Crippen LogP contribution is 2.29. The van der Waals surface area contributed by atoms with Crippen LogP contribution in [0.15, 0.2) is 36.7 Å². The summed E-state index contributed by atoms with van der Waals surface area (Å²) in [7, 11) is 0. The van der Waals surface area contributed by atoms with E-state index in [1.165, 1.54) is 4.68 Å². The van der Waals surface area contributed by atoms with Crippen molar-refractivity contribution in [3.8, 4) is 5.69 Å². The summed E-state index contributed by atoms with van der Waals surface area (Å²) < 4.78 is 38.6. The van der Waals surface area contributed by atoms with Crippen LogP contribution in [0.2, 0.25) is 0 Å². The second-order valence-corrected chi connectivity index (χ2v) is 4.52. The Labute approximate surface area is 108 Å². The maximum absolute atomic E-state index is 12.5. The standard InChI is InChI=1S/C13H14F3N3/c1-9(17)6-10-2-4-12(5-3-10)19-8-11(7-18-19)13(14,15)16/h2-5,7-9H,6,17H2,1H3. The summed E-state index contributed by atoms with van der Waals surface area (Å²) in [6, 6.07) is 7.18. The van der Waals surface area contributed by atoms with Gasteiger partial charge in [-0.05, 0) is 31.0 Å². The fraction of sp³-hybridized carbons (Fsp3) is 0.308. The van der Waals surface area contributed by atoms with Crippen LogP contribution in [0.4, 0.5) is 13.2 Å². The first-order chi connectivity index (χ1) is 8.86. The Bertz CT molecular complexity index is 541. The largest absolute Gasteiger partial charge is 0.419 e. The van der Waals surface area contributed by atoms with Crippen LogP contribution in [0, 0.1) is 0 Å². The van der Waals surface area contributed by atoms with Crippen molar-refractivity contribution < 1.29 is 13.2 Å². The quantitative estimate of drug-likeness (QED) is 0.931. The Hall–Kier alpha value is -1.82. The average molecular weight is 269 g/mol. The lowest BCUT2D eigenvalue weighted by Crippen LogP contribution is -2.17. The van der Waals surface area contributed by atoms with Crippen LogP contribution in [-0.2, 0) is 12.6 Å². The highest BCUT2D eigenvalue weighted by atomic mass is 19.4. The third-order valence-corrected chi connectivity index (χ3v) is 2.67. The van der Waals surface area contributed by atoms with Crippen molar-refractivity contribution in [1.29, 1.82) is 0 Å². The van der Waals surface area contributed by atoms with E-state index in [9.17, 15) is 13.2 Å². The van der Waals surface area contributed by atoms with Crippen LogP contribution < -0.4 is 5.73 Å². The van der Waals surface area contributed by atoms with Gasteiger partial charge >= 0.3 is 6.18 Å². The van der Waals surface area contributed by atoms with Gasteiger partial charge in [0, 0.05) is 12.2 Å². The minimum Gasteiger partial charge on any atom is -0.328 e. The highest BCUT2D eigenvalue weighted by Gasteiger charge is 2.32. The van der Waals surface area contributed by atoms with E-state index >= 15 is 0 Å². The minimum absolute atomic E-state index is 0.0485. The van der Waals surface area contributed by atoms with Gasteiger partial charge in [-0.15, -0.1) is 0 Å². The van der Waals surface area contributed by atoms with Crippen LogP contribution in [0.1, 0.15) is 18.1 Å². The van der Waals surface area contributed by atoms with E-state index in [-0.39, 0.29) is 6.04 Å². The van der Waals surface area contributed by atoms with Gasteiger partial charge in [0.05, 0.1) is 17.4 Å². The van der Waals surface area contributed by atoms with Crippen LogP contribution in [0.25, 0.3) is 5.69 Å². The number of nitrogens with zero attached hydrogens (tertiary/aromatic N) is 2. The van der Waals surface area contributed by atoms with Crippen LogP contribution >= 0.6 is 0 Å². The Morgan fingerprint density at radius 3 is 2.37 bits per heavy atom. The summed E-state index contributed by atoms with van der Waals surface area (Å²) in [4.78, 5) is 0. The third kappa shape index (κ3) is 3.35. The zero-order valence-electron chi connectivity index (χ0n) is 10.4. The molecule has 1 atom stereocenters. The van der Waals surface area contributed by atoms with Crippen molar-refractivity contribution in [2.45, 2.75) is 25.6 Å². The molecule has 2 rings (SSSR count). The molecule has 0 spiro atoms. The molecule has 0 saturated heterocycles. The molecular weight excluding hydrogens is 255 g/mol. The molecule has 19 heavy (non-hydrogen) atoms. The molecular formula is C13H14F3N3. The first kappa shape index (κ1) is 13.6. The molecule has 0 radical (unpaired) electrons. The van der Waals surface area contributed by atoms with Crippen molar-refractivity contribution >= 4 is 0 Å². The van der Waals surface area contributed by atoms with Crippen LogP contribution in [0.5, 0.6) is 0 Å². The lowest BCUT2D eigenvalue weighted by atomic mass is 10.1. The molecule has 1 unspecified atom stereocenters. The smallest absolute Gasteiger partial charge is 0.328 e. The van der Waals surface area contributed by atoms with Crippen LogP contribution in [0.3, 0.4) is 0 Å². The predicted molar refractivity (Wildman–Crippen MR) is 65.9 cm³/mol. The number of rotatable bonds is 3. The monoisotopic (exact) mass is 269 g/mol. The van der Waals surface area contributed by atoms with E-state index in [1.54, 1.807) is 12.1 Å². The molecule has 3 nitrogen and oxygen atoms in total. The maximum Gasteiger partial charge on any atom is 0.419 e. The Kier molecular flexibility index (Phi) is 3.61. The lowest BCUT2D eigenvalue weighted by molar-refractivity contribution is -0.137. The van der Waals surface area contributed by atoms with Gasteiger partial charge in [0.15, 0.2) is 0 Å². The number of halogens is 3. The summed E-state index contributed by atoms with van der Waals surface area (Å²) in [6.45, 7) is 1.90. The molecule has 0 aliphatic rings. The summed E-state index contributed by atoms with van der Waals surface area (Å²) in [5.74, 6) is 0. The molecule has 102 valence electrons. The minimum atomic E-state index is -4.37. The van der Waals surface area contributed by atoms with E-state index in [2.05, 4.69) is 5.10 Å². The summed E-state index contributed by atoms with van der Waals surface area (Å²) >= 11 is 0. The second-order valence-electron chi connectivity index (χ2n) is 4.52. The Morgan fingerprint density at radius 1 is 1.26 bits per heavy atom. The predicted octanol–water partition coefficient (Wildman–Crippen LogP) is 2.78. The third-order valence-electron chi connectivity index (χ3n) is 2.67. The molecule has 1 aromatic carbocycles. The topological polar surface area (TPSA) is 43.8 Å². The first-order valence-electron chi connectivity index (χ1n) is 5.83. The number of hydrogen-bond donors (Lipinski definition) is 1. The van der Waals surface area contributed by atoms with E-state index in [1.807, 2.05) is 19.1 Å². The molecule has 0 bridgehead atoms. The summed E-state index contributed by atoms with van der Waals surface area (Å²) in [5, 5.41) is 3.72. The van der Waals surface area contributed by atoms with Crippen molar-refractivity contribution in [1.82, 2.24) is 9.78 Å². The molecule has 0 fully saturated rings. The van der Waals surface area contributed by atoms with Gasteiger partial charge in [-0.2, -0.15) is 18.3 Å². The van der Waals surface area contributed by atoms with E-state index in [0.29, 0.717) is 5.69 Å². The fourth-order valence-electron chi connectivity index (χ4n) is 1.77. The molecule has 1 heterocycles. The number of nitrogens with two attached hydrogens (primary N) is 1. The van der Waals surface area contributed by atoms with Gasteiger partial charge in [-0.25, -0.2) is 4.68 Å². The Morgan fingerprint density at radius 2 is 1.89 bits per heavy atom. The highest BCUT2D eigenvalue weighted by molar-refractivity contribution is 5.35. The van der Waals surface area contributed by atoms with E-state index in [4.69, 9.17) is 5.73 Å². The van der Waals surface area contributed by atoms with Gasteiger partial charge in [0.25, 0.3) is 0 Å². The van der Waals surface area contributed by atoms with Gasteiger partial charge in [-0.3, -0.25) is 0 Å². The van der Waals surface area contributed by atoms with Gasteiger partial charge in [-0.1, -0.05) is 12.1 Å². The summed E-state index contributed by atoms with van der Waals surface area (Å²) in [6.07, 6.45) is -1.85. The molecule has 0 amide bonds. The number of benzene rings is 1. The molecule has 0 aliphatic heterocycles. The van der Waals surface area contributed by atoms with Crippen molar-refractivity contribution in [3.05, 3.63) is 47.8 Å². The number of alkyl halides is 3. The zero-order chi connectivity index (χ0) is 14.0. The maximum atomic E-state index is 12.5. The van der Waals surface area contributed by atoms with Gasteiger partial charge in [0.1, 0.15) is 0 Å². The average Bonchev–Trinajstić information content (AvgIpc) is 2.78. The van der Waals surface area contributed by atoms with Gasteiger partial charge < -0.3 is 5.73 Å². The molecule has 2 aromatic rings. The fourth-order valence-corrected chi connectivity index (χ4v) is 1.77. The van der Waals surface area contributed by atoms with E-state index in [0.717, 1.165) is 24.4 Å². The zero-order valence-corrected chi connectivity index (χ0v) is 10.4. The lowest BCUT2D eigenvalue weighted by Gasteiger charge is -2.06. The first-order valence-corrected chi connectivity index (χ1v) is 5.83. The molecule has 6 heteroatoms. The van der Waals surface area contributed by atoms with E-state index < -0.39 is 11.7 Å². The summed E-state index contributed by atoms with van der Waals surface area (Å²) in [5.41, 5.74) is 6.56.